The van der Waals surface area contributed by atoms with Crippen LogP contribution >= 0.6 is 0 Å². The van der Waals surface area contributed by atoms with Gasteiger partial charge in [-0.2, -0.15) is 0 Å². The molecule has 0 amide bonds. The molecule has 0 aromatic heterocycles. The SMILES string of the molecule is CC(=O)Oc1cc2c(cc1C)C(C(C)C)CCC2C(=O)O. The average molecular weight is 290 g/mol. The Balaban J connectivity index is 2.55. The van der Waals surface area contributed by atoms with Gasteiger partial charge in [-0.05, 0) is 54.4 Å². The fourth-order valence-corrected chi connectivity index (χ4v) is 3.22. The van der Waals surface area contributed by atoms with Crippen molar-refractivity contribution in [2.24, 2.45) is 5.92 Å². The molecule has 21 heavy (non-hydrogen) atoms. The summed E-state index contributed by atoms with van der Waals surface area (Å²) >= 11 is 0. The molecule has 1 aromatic carbocycles. The lowest BCUT2D eigenvalue weighted by Gasteiger charge is -2.32. The van der Waals surface area contributed by atoms with Gasteiger partial charge in [0.25, 0.3) is 0 Å². The van der Waals surface area contributed by atoms with Crippen LogP contribution in [0.4, 0.5) is 0 Å². The summed E-state index contributed by atoms with van der Waals surface area (Å²) in [5.41, 5.74) is 2.77. The number of esters is 1. The van der Waals surface area contributed by atoms with Crippen molar-refractivity contribution in [2.75, 3.05) is 0 Å². The molecule has 0 radical (unpaired) electrons. The summed E-state index contributed by atoms with van der Waals surface area (Å²) in [4.78, 5) is 22.7. The number of fused-ring (bicyclic) bond motifs is 1. The van der Waals surface area contributed by atoms with Crippen molar-refractivity contribution in [3.63, 3.8) is 0 Å². The predicted molar refractivity (Wildman–Crippen MR) is 79.7 cm³/mol. The number of rotatable bonds is 3. The van der Waals surface area contributed by atoms with E-state index in [1.807, 2.05) is 13.0 Å². The lowest BCUT2D eigenvalue weighted by Crippen LogP contribution is -2.23. The van der Waals surface area contributed by atoms with E-state index < -0.39 is 11.9 Å². The van der Waals surface area contributed by atoms with Crippen LogP contribution in [0.15, 0.2) is 12.1 Å². The molecule has 1 aromatic rings. The van der Waals surface area contributed by atoms with Gasteiger partial charge in [0.2, 0.25) is 0 Å². The van der Waals surface area contributed by atoms with Gasteiger partial charge < -0.3 is 9.84 Å². The lowest BCUT2D eigenvalue weighted by molar-refractivity contribution is -0.139. The molecule has 0 heterocycles. The van der Waals surface area contributed by atoms with Crippen LogP contribution < -0.4 is 4.74 Å². The number of hydrogen-bond donors (Lipinski definition) is 1. The summed E-state index contributed by atoms with van der Waals surface area (Å²) in [5.74, 6) is -0.419. The zero-order valence-electron chi connectivity index (χ0n) is 13.0. The zero-order valence-corrected chi connectivity index (χ0v) is 13.0. The first kappa shape index (κ1) is 15.5. The highest BCUT2D eigenvalue weighted by atomic mass is 16.5. The predicted octanol–water partition coefficient (Wildman–Crippen LogP) is 3.62. The Hall–Kier alpha value is -1.84. The molecular weight excluding hydrogens is 268 g/mol. The zero-order chi connectivity index (χ0) is 15.7. The summed E-state index contributed by atoms with van der Waals surface area (Å²) in [6.45, 7) is 7.56. The van der Waals surface area contributed by atoms with Crippen molar-refractivity contribution in [1.82, 2.24) is 0 Å². The number of carbonyl (C=O) groups excluding carboxylic acids is 1. The van der Waals surface area contributed by atoms with Gasteiger partial charge in [0.1, 0.15) is 5.75 Å². The average Bonchev–Trinajstić information content (AvgIpc) is 2.37. The Bertz CT molecular complexity index is 574. The Morgan fingerprint density at radius 1 is 1.24 bits per heavy atom. The van der Waals surface area contributed by atoms with E-state index in [2.05, 4.69) is 13.8 Å². The molecule has 4 nitrogen and oxygen atoms in total. The maximum Gasteiger partial charge on any atom is 0.310 e. The van der Waals surface area contributed by atoms with Crippen LogP contribution in [0.1, 0.15) is 62.1 Å². The number of aliphatic carboxylic acids is 1. The molecule has 2 rings (SSSR count). The number of carboxylic acids is 1. The van der Waals surface area contributed by atoms with E-state index in [0.717, 1.165) is 23.1 Å². The van der Waals surface area contributed by atoms with Gasteiger partial charge >= 0.3 is 11.9 Å². The highest BCUT2D eigenvalue weighted by Gasteiger charge is 2.33. The van der Waals surface area contributed by atoms with E-state index in [1.54, 1.807) is 6.07 Å². The minimum Gasteiger partial charge on any atom is -0.481 e. The van der Waals surface area contributed by atoms with E-state index in [1.165, 1.54) is 6.92 Å². The van der Waals surface area contributed by atoms with Gasteiger partial charge in [-0.3, -0.25) is 9.59 Å². The minimum absolute atomic E-state index is 0.362. The lowest BCUT2D eigenvalue weighted by atomic mass is 9.72. The van der Waals surface area contributed by atoms with E-state index in [0.29, 0.717) is 24.0 Å². The molecule has 1 N–H and O–H groups in total. The molecule has 2 unspecified atom stereocenters. The number of carboxylic acid groups (broad SMARTS) is 1. The molecule has 0 spiro atoms. The second-order valence-electron chi connectivity index (χ2n) is 6.16. The summed E-state index contributed by atoms with van der Waals surface area (Å²) < 4.78 is 5.20. The van der Waals surface area contributed by atoms with Crippen LogP contribution in [0.5, 0.6) is 5.75 Å². The first-order valence-corrected chi connectivity index (χ1v) is 7.37. The van der Waals surface area contributed by atoms with Crippen LogP contribution in [0.25, 0.3) is 0 Å². The van der Waals surface area contributed by atoms with Crippen molar-refractivity contribution >= 4 is 11.9 Å². The Kier molecular flexibility index (Phi) is 4.35. The molecule has 114 valence electrons. The van der Waals surface area contributed by atoms with Gasteiger partial charge in [0, 0.05) is 6.92 Å². The van der Waals surface area contributed by atoms with Crippen molar-refractivity contribution in [1.29, 1.82) is 0 Å². The number of carbonyl (C=O) groups is 2. The molecule has 4 heteroatoms. The molecule has 0 saturated carbocycles. The van der Waals surface area contributed by atoms with Crippen molar-refractivity contribution < 1.29 is 19.4 Å². The van der Waals surface area contributed by atoms with Crippen LogP contribution in [0.3, 0.4) is 0 Å². The van der Waals surface area contributed by atoms with Crippen molar-refractivity contribution in [2.45, 2.75) is 52.4 Å². The van der Waals surface area contributed by atoms with E-state index in [9.17, 15) is 14.7 Å². The van der Waals surface area contributed by atoms with Crippen LogP contribution in [0, 0.1) is 12.8 Å². The molecule has 0 aliphatic heterocycles. The third kappa shape index (κ3) is 3.09. The maximum atomic E-state index is 11.5. The molecule has 0 fully saturated rings. The standard InChI is InChI=1S/C17H22O4/c1-9(2)12-5-6-13(17(19)20)15-8-16(21-11(4)18)10(3)7-14(12)15/h7-9,12-13H,5-6H2,1-4H3,(H,19,20). The van der Waals surface area contributed by atoms with Crippen LogP contribution in [0.2, 0.25) is 0 Å². The Morgan fingerprint density at radius 2 is 1.90 bits per heavy atom. The fourth-order valence-electron chi connectivity index (χ4n) is 3.22. The Morgan fingerprint density at radius 3 is 2.43 bits per heavy atom. The topological polar surface area (TPSA) is 63.6 Å². The van der Waals surface area contributed by atoms with Crippen molar-refractivity contribution in [3.8, 4) is 5.75 Å². The summed E-state index contributed by atoms with van der Waals surface area (Å²) in [5, 5.41) is 9.44. The fraction of sp³-hybridized carbons (Fsp3) is 0.529. The minimum atomic E-state index is -0.809. The number of benzene rings is 1. The molecule has 1 aliphatic carbocycles. The quantitative estimate of drug-likeness (QED) is 0.682. The Labute approximate surface area is 125 Å². The summed E-state index contributed by atoms with van der Waals surface area (Å²) in [6, 6.07) is 3.74. The van der Waals surface area contributed by atoms with Crippen LogP contribution in [-0.4, -0.2) is 17.0 Å². The van der Waals surface area contributed by atoms with Gasteiger partial charge in [0.05, 0.1) is 5.92 Å². The molecule has 0 bridgehead atoms. The monoisotopic (exact) mass is 290 g/mol. The first-order valence-electron chi connectivity index (χ1n) is 7.37. The molecule has 0 saturated heterocycles. The maximum absolute atomic E-state index is 11.5. The van der Waals surface area contributed by atoms with Crippen LogP contribution in [-0.2, 0) is 9.59 Å². The molecular formula is C17H22O4. The third-order valence-corrected chi connectivity index (χ3v) is 4.28. The largest absolute Gasteiger partial charge is 0.481 e. The summed E-state index contributed by atoms with van der Waals surface area (Å²) in [6.07, 6.45) is 1.52. The van der Waals surface area contributed by atoms with E-state index >= 15 is 0 Å². The summed E-state index contributed by atoms with van der Waals surface area (Å²) in [7, 11) is 0. The third-order valence-electron chi connectivity index (χ3n) is 4.28. The van der Waals surface area contributed by atoms with Gasteiger partial charge in [-0.15, -0.1) is 0 Å². The molecule has 2 atom stereocenters. The van der Waals surface area contributed by atoms with Gasteiger partial charge in [-0.1, -0.05) is 19.9 Å². The smallest absolute Gasteiger partial charge is 0.310 e. The first-order chi connectivity index (χ1) is 9.81. The van der Waals surface area contributed by atoms with Gasteiger partial charge in [-0.25, -0.2) is 0 Å². The second kappa shape index (κ2) is 5.88. The second-order valence-corrected chi connectivity index (χ2v) is 6.16. The number of aryl methyl sites for hydroxylation is 1. The normalized spacial score (nSPS) is 21.0. The van der Waals surface area contributed by atoms with E-state index in [-0.39, 0.29) is 5.97 Å². The number of hydrogen-bond acceptors (Lipinski definition) is 3. The van der Waals surface area contributed by atoms with Gasteiger partial charge in [0.15, 0.2) is 0 Å². The number of ether oxygens (including phenoxy) is 1. The van der Waals surface area contributed by atoms with E-state index in [4.69, 9.17) is 4.74 Å². The molecule has 1 aliphatic rings. The highest BCUT2D eigenvalue weighted by molar-refractivity contribution is 5.78. The van der Waals surface area contributed by atoms with Crippen molar-refractivity contribution in [3.05, 3.63) is 28.8 Å². The highest BCUT2D eigenvalue weighted by Crippen LogP contribution is 2.44.